The van der Waals surface area contributed by atoms with E-state index >= 15 is 0 Å². The molecule has 0 spiro atoms. The standard InChI is InChI=1S/C20H17NO5/c1-21-8-7-10-9-12(22)19(25-3)16-14(10)17(21)18(23)11-5-6-13(24-2)20(26-4)15(11)16/h5-9H,1-4H3. The molecule has 0 saturated heterocycles. The average Bonchev–Trinajstić information content (AvgIpc) is 2.65. The van der Waals surface area contributed by atoms with Gasteiger partial charge in [0.15, 0.2) is 17.2 Å². The predicted molar refractivity (Wildman–Crippen MR) is 101 cm³/mol. The Hall–Kier alpha value is -3.28. The summed E-state index contributed by atoms with van der Waals surface area (Å²) in [5.74, 6) is 1.07. The number of aryl methyl sites for hydroxylation is 1. The first-order valence-electron chi connectivity index (χ1n) is 8.03. The summed E-state index contributed by atoms with van der Waals surface area (Å²) in [5, 5.41) is 2.89. The molecule has 0 aliphatic heterocycles. The van der Waals surface area contributed by atoms with Crippen molar-refractivity contribution < 1.29 is 14.2 Å². The monoisotopic (exact) mass is 351 g/mol. The lowest BCUT2D eigenvalue weighted by Crippen LogP contribution is -2.13. The van der Waals surface area contributed by atoms with E-state index in [1.807, 2.05) is 6.07 Å². The van der Waals surface area contributed by atoms with E-state index in [9.17, 15) is 9.59 Å². The molecule has 1 aromatic heterocycles. The number of rotatable bonds is 3. The number of nitrogens with zero attached hydrogens (tertiary/aromatic N) is 1. The van der Waals surface area contributed by atoms with Gasteiger partial charge >= 0.3 is 0 Å². The maximum atomic E-state index is 13.2. The molecule has 0 aliphatic rings. The highest BCUT2D eigenvalue weighted by Crippen LogP contribution is 2.43. The van der Waals surface area contributed by atoms with Gasteiger partial charge in [0.1, 0.15) is 0 Å². The molecule has 6 heteroatoms. The summed E-state index contributed by atoms with van der Waals surface area (Å²) in [7, 11) is 6.29. The number of pyridine rings is 1. The second-order valence-corrected chi connectivity index (χ2v) is 6.08. The summed E-state index contributed by atoms with van der Waals surface area (Å²) >= 11 is 0. The van der Waals surface area contributed by atoms with Crippen LogP contribution in [0.1, 0.15) is 0 Å². The summed E-state index contributed by atoms with van der Waals surface area (Å²) in [6.07, 6.45) is 1.77. The Kier molecular flexibility index (Phi) is 3.50. The third-order valence-corrected chi connectivity index (χ3v) is 4.80. The summed E-state index contributed by atoms with van der Waals surface area (Å²) in [4.78, 5) is 25.9. The number of aromatic nitrogens is 1. The van der Waals surface area contributed by atoms with Gasteiger partial charge < -0.3 is 18.8 Å². The molecule has 0 unspecified atom stereocenters. The molecule has 0 radical (unpaired) electrons. The van der Waals surface area contributed by atoms with Crippen molar-refractivity contribution in [1.29, 1.82) is 0 Å². The van der Waals surface area contributed by atoms with E-state index in [2.05, 4.69) is 0 Å². The fraction of sp³-hybridized carbons (Fsp3) is 0.200. The van der Waals surface area contributed by atoms with Gasteiger partial charge in [0.25, 0.3) is 0 Å². The molecule has 0 atom stereocenters. The fourth-order valence-corrected chi connectivity index (χ4v) is 3.70. The van der Waals surface area contributed by atoms with Gasteiger partial charge in [-0.05, 0) is 29.7 Å². The van der Waals surface area contributed by atoms with Gasteiger partial charge in [0.2, 0.25) is 10.9 Å². The van der Waals surface area contributed by atoms with Crippen LogP contribution >= 0.6 is 0 Å². The second kappa shape index (κ2) is 5.62. The Morgan fingerprint density at radius 2 is 1.58 bits per heavy atom. The molecule has 0 saturated carbocycles. The van der Waals surface area contributed by atoms with Gasteiger partial charge in [-0.25, -0.2) is 0 Å². The molecule has 6 nitrogen and oxygen atoms in total. The maximum Gasteiger partial charge on any atom is 0.221 e. The number of fused-ring (bicyclic) bond motifs is 2. The van der Waals surface area contributed by atoms with Gasteiger partial charge in [0, 0.05) is 34.8 Å². The molecule has 3 aromatic carbocycles. The van der Waals surface area contributed by atoms with Crippen LogP contribution in [0.4, 0.5) is 0 Å². The Morgan fingerprint density at radius 1 is 0.846 bits per heavy atom. The number of hydrogen-bond donors (Lipinski definition) is 0. The zero-order valence-electron chi connectivity index (χ0n) is 14.9. The third-order valence-electron chi connectivity index (χ3n) is 4.80. The third kappa shape index (κ3) is 1.92. The number of ether oxygens (including phenoxy) is 3. The lowest BCUT2D eigenvalue weighted by Gasteiger charge is -2.17. The van der Waals surface area contributed by atoms with Crippen LogP contribution in [0.2, 0.25) is 0 Å². The number of hydrogen-bond acceptors (Lipinski definition) is 5. The highest BCUT2D eigenvalue weighted by molar-refractivity contribution is 6.24. The highest BCUT2D eigenvalue weighted by atomic mass is 16.5. The number of benzene rings is 3. The van der Waals surface area contributed by atoms with Crippen LogP contribution in [0.5, 0.6) is 17.2 Å². The zero-order chi connectivity index (χ0) is 18.6. The van der Waals surface area contributed by atoms with E-state index in [0.29, 0.717) is 43.9 Å². The Balaban J connectivity index is 2.51. The average molecular weight is 351 g/mol. The predicted octanol–water partition coefficient (Wildman–Crippen LogP) is 2.67. The van der Waals surface area contributed by atoms with Crippen LogP contribution in [0.15, 0.2) is 40.1 Å². The van der Waals surface area contributed by atoms with Crippen LogP contribution in [0.3, 0.4) is 0 Å². The molecule has 0 aliphatic carbocycles. The lowest BCUT2D eigenvalue weighted by molar-refractivity contribution is 0.358. The second-order valence-electron chi connectivity index (χ2n) is 6.08. The van der Waals surface area contributed by atoms with Gasteiger partial charge in [-0.2, -0.15) is 0 Å². The normalized spacial score (nSPS) is 11.4. The lowest BCUT2D eigenvalue weighted by atomic mass is 9.95. The van der Waals surface area contributed by atoms with E-state index in [-0.39, 0.29) is 16.6 Å². The first-order valence-corrected chi connectivity index (χ1v) is 8.03. The Morgan fingerprint density at radius 3 is 2.23 bits per heavy atom. The molecule has 0 bridgehead atoms. The molecule has 26 heavy (non-hydrogen) atoms. The highest BCUT2D eigenvalue weighted by Gasteiger charge is 2.23. The zero-order valence-corrected chi connectivity index (χ0v) is 14.9. The van der Waals surface area contributed by atoms with Crippen molar-refractivity contribution in [2.75, 3.05) is 21.3 Å². The van der Waals surface area contributed by atoms with Crippen molar-refractivity contribution in [1.82, 2.24) is 4.57 Å². The van der Waals surface area contributed by atoms with Crippen LogP contribution < -0.4 is 25.1 Å². The SMILES string of the molecule is COc1ccc2c(=O)c3c4c(ccn3C)cc(=O)c(OC)c4c2c1OC. The maximum absolute atomic E-state index is 13.2. The number of methoxy groups -OCH3 is 3. The van der Waals surface area contributed by atoms with Crippen molar-refractivity contribution in [3.8, 4) is 17.2 Å². The summed E-state index contributed by atoms with van der Waals surface area (Å²) < 4.78 is 18.1. The topological polar surface area (TPSA) is 66.8 Å². The van der Waals surface area contributed by atoms with E-state index in [4.69, 9.17) is 14.2 Å². The molecular weight excluding hydrogens is 334 g/mol. The van der Waals surface area contributed by atoms with Gasteiger partial charge in [-0.1, -0.05) is 0 Å². The van der Waals surface area contributed by atoms with Crippen molar-refractivity contribution in [3.05, 3.63) is 50.9 Å². The van der Waals surface area contributed by atoms with Crippen LogP contribution in [0.25, 0.3) is 32.4 Å². The molecule has 0 fully saturated rings. The molecule has 0 N–H and O–H groups in total. The molecule has 1 heterocycles. The van der Waals surface area contributed by atoms with Crippen molar-refractivity contribution in [2.45, 2.75) is 0 Å². The van der Waals surface area contributed by atoms with Crippen molar-refractivity contribution in [3.63, 3.8) is 0 Å². The minimum Gasteiger partial charge on any atom is -0.493 e. The largest absolute Gasteiger partial charge is 0.493 e. The summed E-state index contributed by atoms with van der Waals surface area (Å²) in [5.41, 5.74) is 0.123. The van der Waals surface area contributed by atoms with Gasteiger partial charge in [-0.3, -0.25) is 9.59 Å². The van der Waals surface area contributed by atoms with Gasteiger partial charge in [-0.15, -0.1) is 0 Å². The molecule has 4 rings (SSSR count). The van der Waals surface area contributed by atoms with E-state index in [1.165, 1.54) is 27.4 Å². The minimum absolute atomic E-state index is 0.137. The smallest absolute Gasteiger partial charge is 0.221 e. The summed E-state index contributed by atoms with van der Waals surface area (Å²) in [6.45, 7) is 0. The van der Waals surface area contributed by atoms with Crippen LogP contribution in [-0.4, -0.2) is 25.9 Å². The van der Waals surface area contributed by atoms with Crippen LogP contribution in [0, 0.1) is 0 Å². The van der Waals surface area contributed by atoms with Gasteiger partial charge in [0.05, 0.1) is 26.8 Å². The quantitative estimate of drug-likeness (QED) is 0.419. The Labute approximate surface area is 148 Å². The van der Waals surface area contributed by atoms with Crippen molar-refractivity contribution >= 4 is 32.4 Å². The molecule has 4 aromatic rings. The Bertz CT molecular complexity index is 1290. The molecule has 132 valence electrons. The summed E-state index contributed by atoms with van der Waals surface area (Å²) in [6, 6.07) is 6.69. The molecular formula is C20H17NO5. The van der Waals surface area contributed by atoms with E-state index < -0.39 is 0 Å². The van der Waals surface area contributed by atoms with E-state index in [0.717, 1.165) is 0 Å². The van der Waals surface area contributed by atoms with Crippen molar-refractivity contribution in [2.24, 2.45) is 7.05 Å². The first-order chi connectivity index (χ1) is 12.5. The van der Waals surface area contributed by atoms with E-state index in [1.54, 1.807) is 29.9 Å². The van der Waals surface area contributed by atoms with Crippen LogP contribution in [-0.2, 0) is 7.05 Å². The fourth-order valence-electron chi connectivity index (χ4n) is 3.70. The minimum atomic E-state index is -0.250. The first kappa shape index (κ1) is 16.2. The molecule has 0 amide bonds.